The van der Waals surface area contributed by atoms with Crippen molar-refractivity contribution in [2.75, 3.05) is 0 Å². The lowest BCUT2D eigenvalue weighted by molar-refractivity contribution is 0.485. The van der Waals surface area contributed by atoms with E-state index in [4.69, 9.17) is 10.2 Å². The summed E-state index contributed by atoms with van der Waals surface area (Å²) in [5.74, 6) is 1.47. The molecule has 0 fully saturated rings. The van der Waals surface area contributed by atoms with E-state index in [1.165, 1.54) is 0 Å². The molecule has 0 bridgehead atoms. The van der Waals surface area contributed by atoms with E-state index < -0.39 is 0 Å². The lowest BCUT2D eigenvalue weighted by Crippen LogP contribution is -1.93. The van der Waals surface area contributed by atoms with Crippen molar-refractivity contribution in [2.45, 2.75) is 26.3 Å². The van der Waals surface area contributed by atoms with Crippen molar-refractivity contribution in [1.29, 1.82) is 0 Å². The van der Waals surface area contributed by atoms with E-state index >= 15 is 0 Å². The Morgan fingerprint density at radius 2 is 2.30 bits per heavy atom. The van der Waals surface area contributed by atoms with Crippen molar-refractivity contribution in [3.8, 4) is 0 Å². The topological polar surface area (TPSA) is 39.2 Å². The molecule has 1 aromatic rings. The van der Waals surface area contributed by atoms with Crippen molar-refractivity contribution in [1.82, 2.24) is 0 Å². The van der Waals surface area contributed by atoms with Crippen LogP contribution >= 0.6 is 0 Å². The summed E-state index contributed by atoms with van der Waals surface area (Å²) in [6, 6.07) is 2.00. The highest BCUT2D eigenvalue weighted by atomic mass is 16.3. The maximum atomic E-state index is 5.40. The van der Waals surface area contributed by atoms with Gasteiger partial charge >= 0.3 is 0 Å². The first kappa shape index (κ1) is 7.35. The number of nitrogens with two attached hydrogens (primary N) is 1. The Labute approximate surface area is 61.0 Å². The Morgan fingerprint density at radius 1 is 1.60 bits per heavy atom. The first-order chi connectivity index (χ1) is 4.74. The van der Waals surface area contributed by atoms with E-state index in [1.807, 2.05) is 6.07 Å². The SMILES string of the molecule is CC(C)c1cc(CN)co1. The molecule has 0 aliphatic heterocycles. The van der Waals surface area contributed by atoms with Crippen LogP contribution in [-0.4, -0.2) is 0 Å². The Balaban J connectivity index is 2.78. The van der Waals surface area contributed by atoms with Gasteiger partial charge < -0.3 is 10.2 Å². The zero-order valence-electron chi connectivity index (χ0n) is 6.42. The molecule has 0 amide bonds. The molecule has 1 heterocycles. The fourth-order valence-electron chi connectivity index (χ4n) is 0.804. The van der Waals surface area contributed by atoms with Gasteiger partial charge in [-0.3, -0.25) is 0 Å². The van der Waals surface area contributed by atoms with E-state index in [-0.39, 0.29) is 0 Å². The van der Waals surface area contributed by atoms with Crippen LogP contribution in [0.2, 0.25) is 0 Å². The minimum absolute atomic E-state index is 0.459. The fourth-order valence-corrected chi connectivity index (χ4v) is 0.804. The highest BCUT2D eigenvalue weighted by Gasteiger charge is 2.03. The summed E-state index contributed by atoms with van der Waals surface area (Å²) in [5, 5.41) is 0. The molecule has 0 unspecified atom stereocenters. The summed E-state index contributed by atoms with van der Waals surface area (Å²) < 4.78 is 5.24. The number of rotatable bonds is 2. The van der Waals surface area contributed by atoms with Crippen LogP contribution in [0.25, 0.3) is 0 Å². The van der Waals surface area contributed by atoms with Gasteiger partial charge in [-0.2, -0.15) is 0 Å². The van der Waals surface area contributed by atoms with E-state index in [9.17, 15) is 0 Å². The largest absolute Gasteiger partial charge is 0.469 e. The van der Waals surface area contributed by atoms with Crippen molar-refractivity contribution in [3.63, 3.8) is 0 Å². The Kier molecular flexibility index (Phi) is 2.12. The Bertz CT molecular complexity index is 203. The third kappa shape index (κ3) is 1.39. The van der Waals surface area contributed by atoms with Crippen molar-refractivity contribution < 1.29 is 4.42 Å². The quantitative estimate of drug-likeness (QED) is 0.679. The zero-order chi connectivity index (χ0) is 7.56. The second-order valence-electron chi connectivity index (χ2n) is 2.72. The van der Waals surface area contributed by atoms with Crippen LogP contribution in [0, 0.1) is 0 Å². The molecule has 0 aliphatic carbocycles. The molecule has 0 atom stereocenters. The van der Waals surface area contributed by atoms with E-state index in [0.717, 1.165) is 11.3 Å². The monoisotopic (exact) mass is 139 g/mol. The molecule has 2 heteroatoms. The van der Waals surface area contributed by atoms with Gasteiger partial charge in [0, 0.05) is 18.0 Å². The summed E-state index contributed by atoms with van der Waals surface area (Å²) in [5.41, 5.74) is 6.48. The van der Waals surface area contributed by atoms with Gasteiger partial charge in [-0.1, -0.05) is 13.8 Å². The highest BCUT2D eigenvalue weighted by molar-refractivity contribution is 5.14. The minimum atomic E-state index is 0.459. The molecule has 2 nitrogen and oxygen atoms in total. The van der Waals surface area contributed by atoms with Gasteiger partial charge in [-0.05, 0) is 6.07 Å². The Hall–Kier alpha value is -0.760. The van der Waals surface area contributed by atoms with Crippen LogP contribution < -0.4 is 5.73 Å². The summed E-state index contributed by atoms with van der Waals surface area (Å²) in [6.45, 7) is 4.76. The maximum Gasteiger partial charge on any atom is 0.106 e. The molecular weight excluding hydrogens is 126 g/mol. The molecule has 1 aromatic heterocycles. The van der Waals surface area contributed by atoms with Gasteiger partial charge in [0.25, 0.3) is 0 Å². The predicted molar refractivity (Wildman–Crippen MR) is 40.7 cm³/mol. The molecule has 0 aromatic carbocycles. The van der Waals surface area contributed by atoms with Crippen LogP contribution in [0.4, 0.5) is 0 Å². The van der Waals surface area contributed by atoms with Gasteiger partial charge in [0.15, 0.2) is 0 Å². The molecule has 0 aliphatic rings. The van der Waals surface area contributed by atoms with E-state index in [2.05, 4.69) is 13.8 Å². The normalized spacial score (nSPS) is 10.8. The summed E-state index contributed by atoms with van der Waals surface area (Å²) in [6.07, 6.45) is 1.72. The summed E-state index contributed by atoms with van der Waals surface area (Å²) in [7, 11) is 0. The maximum absolute atomic E-state index is 5.40. The average Bonchev–Trinajstić information content (AvgIpc) is 2.34. The lowest BCUT2D eigenvalue weighted by atomic mass is 10.1. The summed E-state index contributed by atoms with van der Waals surface area (Å²) in [4.78, 5) is 0. The Morgan fingerprint density at radius 3 is 2.60 bits per heavy atom. The standard InChI is InChI=1S/C8H13NO/c1-6(2)8-3-7(4-9)5-10-8/h3,5-6H,4,9H2,1-2H3. The zero-order valence-corrected chi connectivity index (χ0v) is 6.42. The molecule has 10 heavy (non-hydrogen) atoms. The molecular formula is C8H13NO. The van der Waals surface area contributed by atoms with Gasteiger partial charge in [-0.25, -0.2) is 0 Å². The number of furan rings is 1. The first-order valence-corrected chi connectivity index (χ1v) is 3.51. The third-order valence-electron chi connectivity index (χ3n) is 1.48. The lowest BCUT2D eigenvalue weighted by Gasteiger charge is -1.95. The third-order valence-corrected chi connectivity index (χ3v) is 1.48. The molecule has 0 saturated carbocycles. The molecule has 56 valence electrons. The van der Waals surface area contributed by atoms with Crippen molar-refractivity contribution in [2.24, 2.45) is 5.73 Å². The van der Waals surface area contributed by atoms with Crippen molar-refractivity contribution >= 4 is 0 Å². The first-order valence-electron chi connectivity index (χ1n) is 3.51. The van der Waals surface area contributed by atoms with Gasteiger partial charge in [-0.15, -0.1) is 0 Å². The molecule has 2 N–H and O–H groups in total. The van der Waals surface area contributed by atoms with E-state index in [1.54, 1.807) is 6.26 Å². The van der Waals surface area contributed by atoms with Crippen LogP contribution in [0.3, 0.4) is 0 Å². The van der Waals surface area contributed by atoms with Crippen molar-refractivity contribution in [3.05, 3.63) is 23.7 Å². The predicted octanol–water partition coefficient (Wildman–Crippen LogP) is 1.86. The fraction of sp³-hybridized carbons (Fsp3) is 0.500. The molecule has 1 rings (SSSR count). The van der Waals surface area contributed by atoms with Gasteiger partial charge in [0.2, 0.25) is 0 Å². The second kappa shape index (κ2) is 2.88. The van der Waals surface area contributed by atoms with E-state index in [0.29, 0.717) is 12.5 Å². The van der Waals surface area contributed by atoms with Crippen LogP contribution in [-0.2, 0) is 6.54 Å². The number of hydrogen-bond acceptors (Lipinski definition) is 2. The summed E-state index contributed by atoms with van der Waals surface area (Å²) >= 11 is 0. The van der Waals surface area contributed by atoms with Gasteiger partial charge in [0.1, 0.15) is 5.76 Å². The number of hydrogen-bond donors (Lipinski definition) is 1. The van der Waals surface area contributed by atoms with Crippen LogP contribution in [0.5, 0.6) is 0 Å². The van der Waals surface area contributed by atoms with Gasteiger partial charge in [0.05, 0.1) is 6.26 Å². The second-order valence-corrected chi connectivity index (χ2v) is 2.72. The molecule has 0 saturated heterocycles. The highest BCUT2D eigenvalue weighted by Crippen LogP contribution is 2.16. The minimum Gasteiger partial charge on any atom is -0.469 e. The van der Waals surface area contributed by atoms with Crippen LogP contribution in [0.1, 0.15) is 31.1 Å². The average molecular weight is 139 g/mol. The van der Waals surface area contributed by atoms with Crippen LogP contribution in [0.15, 0.2) is 16.7 Å². The molecule has 0 radical (unpaired) electrons. The smallest absolute Gasteiger partial charge is 0.106 e. The molecule has 0 spiro atoms.